The molecule has 2 aromatic carbocycles. The summed E-state index contributed by atoms with van der Waals surface area (Å²) in [6.07, 6.45) is 0. The number of fused-ring (bicyclic) bond motifs is 1. The van der Waals surface area contributed by atoms with Gasteiger partial charge in [-0.2, -0.15) is 15.4 Å². The molecule has 1 N–H and O–H groups in total. The summed E-state index contributed by atoms with van der Waals surface area (Å²) >= 11 is 0. The number of aromatic nitrogens is 3. The molecule has 0 radical (unpaired) electrons. The lowest BCUT2D eigenvalue weighted by Crippen LogP contribution is -2.48. The molecule has 1 fully saturated rings. The number of methoxy groups -OCH3 is 1. The third kappa shape index (κ3) is 2.88. The van der Waals surface area contributed by atoms with Crippen molar-refractivity contribution in [1.29, 1.82) is 0 Å². The highest BCUT2D eigenvalue weighted by molar-refractivity contribution is 5.97. The first kappa shape index (κ1) is 15.4. The standard InChI is InChI=1S/C18H19N5O2/c1-25-17-5-3-2-4-16(17)22-8-10-23(11-9-22)18(24)13-6-7-14-15(12-13)20-21-19-14/h2-7,12H,8-11H2,1H3,(H,19,20,21). The molecule has 2 heterocycles. The van der Waals surface area contributed by atoms with Crippen LogP contribution in [0.15, 0.2) is 42.5 Å². The molecule has 1 saturated heterocycles. The second-order valence-electron chi connectivity index (χ2n) is 5.98. The summed E-state index contributed by atoms with van der Waals surface area (Å²) in [4.78, 5) is 16.9. The van der Waals surface area contributed by atoms with Crippen molar-refractivity contribution in [2.75, 3.05) is 38.2 Å². The van der Waals surface area contributed by atoms with E-state index < -0.39 is 0 Å². The SMILES string of the molecule is COc1ccccc1N1CCN(C(=O)c2ccc3n[nH]nc3c2)CC1. The maximum absolute atomic E-state index is 12.8. The molecule has 0 aliphatic carbocycles. The van der Waals surface area contributed by atoms with Gasteiger partial charge < -0.3 is 14.5 Å². The molecule has 3 aromatic rings. The van der Waals surface area contributed by atoms with E-state index in [1.54, 1.807) is 19.2 Å². The molecule has 0 unspecified atom stereocenters. The summed E-state index contributed by atoms with van der Waals surface area (Å²) in [6, 6.07) is 13.4. The Balaban J connectivity index is 1.46. The first-order valence-corrected chi connectivity index (χ1v) is 8.24. The van der Waals surface area contributed by atoms with E-state index in [4.69, 9.17) is 4.74 Å². The third-order valence-electron chi connectivity index (χ3n) is 4.56. The summed E-state index contributed by atoms with van der Waals surface area (Å²) in [5.74, 6) is 0.892. The number of hydrogen-bond acceptors (Lipinski definition) is 5. The molecule has 4 rings (SSSR count). The van der Waals surface area contributed by atoms with Gasteiger partial charge >= 0.3 is 0 Å². The number of carbonyl (C=O) groups is 1. The number of carbonyl (C=O) groups excluding carboxylic acids is 1. The van der Waals surface area contributed by atoms with Gasteiger partial charge in [-0.15, -0.1) is 0 Å². The highest BCUT2D eigenvalue weighted by Crippen LogP contribution is 2.28. The van der Waals surface area contributed by atoms with Crippen LogP contribution in [0.1, 0.15) is 10.4 Å². The number of anilines is 1. The third-order valence-corrected chi connectivity index (χ3v) is 4.56. The predicted octanol–water partition coefficient (Wildman–Crippen LogP) is 1.93. The Morgan fingerprint density at radius 2 is 1.80 bits per heavy atom. The monoisotopic (exact) mass is 337 g/mol. The minimum Gasteiger partial charge on any atom is -0.495 e. The Morgan fingerprint density at radius 3 is 2.60 bits per heavy atom. The van der Waals surface area contributed by atoms with Crippen molar-refractivity contribution in [2.24, 2.45) is 0 Å². The smallest absolute Gasteiger partial charge is 0.254 e. The number of piperazine rings is 1. The van der Waals surface area contributed by atoms with E-state index in [2.05, 4.69) is 26.4 Å². The number of amides is 1. The van der Waals surface area contributed by atoms with Crippen molar-refractivity contribution in [2.45, 2.75) is 0 Å². The largest absolute Gasteiger partial charge is 0.495 e. The number of aromatic amines is 1. The molecule has 1 aromatic heterocycles. The van der Waals surface area contributed by atoms with E-state index in [1.807, 2.05) is 29.2 Å². The number of hydrogen-bond donors (Lipinski definition) is 1. The van der Waals surface area contributed by atoms with Crippen molar-refractivity contribution < 1.29 is 9.53 Å². The zero-order valence-electron chi connectivity index (χ0n) is 14.0. The Morgan fingerprint density at radius 1 is 1.04 bits per heavy atom. The van der Waals surface area contributed by atoms with Gasteiger partial charge in [0.2, 0.25) is 0 Å². The summed E-state index contributed by atoms with van der Waals surface area (Å²) in [6.45, 7) is 2.90. The Kier molecular flexibility index (Phi) is 3.97. The van der Waals surface area contributed by atoms with Gasteiger partial charge in [0.1, 0.15) is 16.8 Å². The first-order valence-electron chi connectivity index (χ1n) is 8.24. The van der Waals surface area contributed by atoms with Gasteiger partial charge in [0.15, 0.2) is 0 Å². The molecule has 1 amide bonds. The Bertz CT molecular complexity index is 899. The van der Waals surface area contributed by atoms with Crippen LogP contribution in [0.3, 0.4) is 0 Å². The summed E-state index contributed by atoms with van der Waals surface area (Å²) < 4.78 is 5.44. The summed E-state index contributed by atoms with van der Waals surface area (Å²) in [5.41, 5.74) is 3.18. The van der Waals surface area contributed by atoms with Gasteiger partial charge in [-0.1, -0.05) is 12.1 Å². The van der Waals surface area contributed by atoms with Gasteiger partial charge in [-0.05, 0) is 30.3 Å². The molecule has 0 bridgehead atoms. The number of benzene rings is 2. The molecule has 25 heavy (non-hydrogen) atoms. The lowest BCUT2D eigenvalue weighted by Gasteiger charge is -2.36. The van der Waals surface area contributed by atoms with E-state index in [0.29, 0.717) is 24.2 Å². The van der Waals surface area contributed by atoms with Crippen LogP contribution in [-0.2, 0) is 0 Å². The van der Waals surface area contributed by atoms with Crippen molar-refractivity contribution in [3.8, 4) is 5.75 Å². The van der Waals surface area contributed by atoms with E-state index >= 15 is 0 Å². The Hall–Kier alpha value is -3.09. The molecule has 1 aliphatic rings. The van der Waals surface area contributed by atoms with Gasteiger partial charge in [-0.25, -0.2) is 0 Å². The van der Waals surface area contributed by atoms with Crippen molar-refractivity contribution >= 4 is 22.6 Å². The van der Waals surface area contributed by atoms with Gasteiger partial charge in [0.05, 0.1) is 12.8 Å². The number of nitrogens with one attached hydrogen (secondary N) is 1. The number of para-hydroxylation sites is 2. The normalized spacial score (nSPS) is 14.8. The molecule has 1 aliphatic heterocycles. The van der Waals surface area contributed by atoms with E-state index in [0.717, 1.165) is 30.0 Å². The van der Waals surface area contributed by atoms with E-state index in [1.165, 1.54) is 0 Å². The molecule has 0 spiro atoms. The quantitative estimate of drug-likeness (QED) is 0.790. The zero-order valence-corrected chi connectivity index (χ0v) is 14.0. The molecular formula is C18H19N5O2. The van der Waals surface area contributed by atoms with Gasteiger partial charge in [0, 0.05) is 31.7 Å². The highest BCUT2D eigenvalue weighted by Gasteiger charge is 2.24. The second-order valence-corrected chi connectivity index (χ2v) is 5.98. The molecular weight excluding hydrogens is 318 g/mol. The van der Waals surface area contributed by atoms with Crippen LogP contribution in [0.5, 0.6) is 5.75 Å². The number of H-pyrrole nitrogens is 1. The highest BCUT2D eigenvalue weighted by atomic mass is 16.5. The lowest BCUT2D eigenvalue weighted by molar-refractivity contribution is 0.0747. The van der Waals surface area contributed by atoms with Crippen LogP contribution >= 0.6 is 0 Å². The predicted molar refractivity (Wildman–Crippen MR) is 95.0 cm³/mol. The summed E-state index contributed by atoms with van der Waals surface area (Å²) in [7, 11) is 1.68. The van der Waals surface area contributed by atoms with E-state index in [9.17, 15) is 4.79 Å². The lowest BCUT2D eigenvalue weighted by atomic mass is 10.1. The van der Waals surface area contributed by atoms with Crippen molar-refractivity contribution in [1.82, 2.24) is 20.3 Å². The molecule has 0 saturated carbocycles. The van der Waals surface area contributed by atoms with Crippen LogP contribution in [0.25, 0.3) is 11.0 Å². The topological polar surface area (TPSA) is 74.3 Å². The van der Waals surface area contributed by atoms with E-state index in [-0.39, 0.29) is 5.91 Å². The number of ether oxygens (including phenoxy) is 1. The molecule has 0 atom stereocenters. The van der Waals surface area contributed by atoms with Crippen LogP contribution in [0.2, 0.25) is 0 Å². The fraction of sp³-hybridized carbons (Fsp3) is 0.278. The molecule has 7 heteroatoms. The van der Waals surface area contributed by atoms with Crippen molar-refractivity contribution in [3.63, 3.8) is 0 Å². The summed E-state index contributed by atoms with van der Waals surface area (Å²) in [5, 5.41) is 10.6. The molecule has 7 nitrogen and oxygen atoms in total. The minimum atomic E-state index is 0.0320. The molecule has 128 valence electrons. The zero-order chi connectivity index (χ0) is 17.2. The first-order chi connectivity index (χ1) is 12.3. The van der Waals surface area contributed by atoms with Crippen LogP contribution in [-0.4, -0.2) is 59.5 Å². The fourth-order valence-corrected chi connectivity index (χ4v) is 3.20. The fourth-order valence-electron chi connectivity index (χ4n) is 3.20. The maximum atomic E-state index is 12.8. The minimum absolute atomic E-state index is 0.0320. The number of nitrogens with zero attached hydrogens (tertiary/aromatic N) is 4. The average molecular weight is 337 g/mol. The van der Waals surface area contributed by atoms with Gasteiger partial charge in [0.25, 0.3) is 5.91 Å². The van der Waals surface area contributed by atoms with Crippen molar-refractivity contribution in [3.05, 3.63) is 48.0 Å². The second kappa shape index (κ2) is 6.43. The van der Waals surface area contributed by atoms with Crippen LogP contribution in [0.4, 0.5) is 5.69 Å². The maximum Gasteiger partial charge on any atom is 0.254 e. The average Bonchev–Trinajstić information content (AvgIpc) is 3.15. The number of rotatable bonds is 3. The van der Waals surface area contributed by atoms with Crippen LogP contribution in [0, 0.1) is 0 Å². The van der Waals surface area contributed by atoms with Crippen LogP contribution < -0.4 is 9.64 Å². The Labute approximate surface area is 145 Å². The van der Waals surface area contributed by atoms with Gasteiger partial charge in [-0.3, -0.25) is 4.79 Å².